The molecule has 3 nitrogen and oxygen atoms in total. The molecule has 0 spiro atoms. The number of hydrogen-bond donors (Lipinski definition) is 1. The van der Waals surface area contributed by atoms with E-state index >= 15 is 0 Å². The number of hydrogen-bond acceptors (Lipinski definition) is 2. The highest BCUT2D eigenvalue weighted by Crippen LogP contribution is 2.21. The Labute approximate surface area is 123 Å². The van der Waals surface area contributed by atoms with E-state index < -0.39 is 0 Å². The smallest absolute Gasteiger partial charge is 0.0739 e. The standard InChI is InChI=1S/C13H23BrClN3/c1-4-11(6-7-15)8-16-9-12-13(14)10(3)17-18(12)5-2/h11,16H,4-9H2,1-3H3. The second-order valence-electron chi connectivity index (χ2n) is 4.54. The minimum atomic E-state index is 0.667. The fraction of sp³-hybridized carbons (Fsp3) is 0.769. The van der Waals surface area contributed by atoms with Crippen LogP contribution in [0.1, 0.15) is 38.1 Å². The molecule has 18 heavy (non-hydrogen) atoms. The highest BCUT2D eigenvalue weighted by atomic mass is 79.9. The minimum absolute atomic E-state index is 0.667. The van der Waals surface area contributed by atoms with Crippen molar-refractivity contribution in [1.29, 1.82) is 0 Å². The van der Waals surface area contributed by atoms with Crippen LogP contribution >= 0.6 is 27.5 Å². The van der Waals surface area contributed by atoms with Crippen LogP contribution in [0.4, 0.5) is 0 Å². The van der Waals surface area contributed by atoms with E-state index in [0.717, 1.165) is 42.1 Å². The number of alkyl halides is 1. The maximum atomic E-state index is 5.80. The van der Waals surface area contributed by atoms with Crippen molar-refractivity contribution in [2.45, 2.75) is 46.7 Å². The number of aromatic nitrogens is 2. The lowest BCUT2D eigenvalue weighted by Gasteiger charge is -2.14. The highest BCUT2D eigenvalue weighted by molar-refractivity contribution is 9.10. The fourth-order valence-corrected chi connectivity index (χ4v) is 2.77. The van der Waals surface area contributed by atoms with Crippen molar-refractivity contribution < 1.29 is 0 Å². The van der Waals surface area contributed by atoms with Gasteiger partial charge in [-0.2, -0.15) is 5.10 Å². The monoisotopic (exact) mass is 335 g/mol. The Bertz CT molecular complexity index is 365. The predicted molar refractivity (Wildman–Crippen MR) is 81.2 cm³/mol. The van der Waals surface area contributed by atoms with Gasteiger partial charge in [-0.15, -0.1) is 11.6 Å². The zero-order valence-electron chi connectivity index (χ0n) is 11.5. The van der Waals surface area contributed by atoms with Crippen molar-refractivity contribution in [3.8, 4) is 0 Å². The molecule has 1 atom stereocenters. The molecule has 0 aliphatic heterocycles. The molecule has 0 fully saturated rings. The Hall–Kier alpha value is -0.0600. The average Bonchev–Trinajstić information content (AvgIpc) is 2.65. The molecule has 1 unspecified atom stereocenters. The maximum absolute atomic E-state index is 5.80. The largest absolute Gasteiger partial charge is 0.311 e. The summed E-state index contributed by atoms with van der Waals surface area (Å²) < 4.78 is 3.18. The first-order chi connectivity index (χ1) is 8.63. The van der Waals surface area contributed by atoms with Gasteiger partial charge < -0.3 is 5.32 Å². The Morgan fingerprint density at radius 1 is 1.44 bits per heavy atom. The summed E-state index contributed by atoms with van der Waals surface area (Å²) in [7, 11) is 0. The van der Waals surface area contributed by atoms with Gasteiger partial charge in [0.1, 0.15) is 0 Å². The van der Waals surface area contributed by atoms with Crippen LogP contribution < -0.4 is 5.32 Å². The van der Waals surface area contributed by atoms with Crippen LogP contribution in [-0.4, -0.2) is 22.2 Å². The van der Waals surface area contributed by atoms with Crippen LogP contribution in [0, 0.1) is 12.8 Å². The summed E-state index contributed by atoms with van der Waals surface area (Å²) in [6.45, 7) is 9.14. The van der Waals surface area contributed by atoms with Gasteiger partial charge in [0.2, 0.25) is 0 Å². The topological polar surface area (TPSA) is 29.9 Å². The van der Waals surface area contributed by atoms with E-state index in [1.54, 1.807) is 0 Å². The van der Waals surface area contributed by atoms with Crippen LogP contribution in [0.25, 0.3) is 0 Å². The first-order valence-corrected chi connectivity index (χ1v) is 7.95. The summed E-state index contributed by atoms with van der Waals surface area (Å²) in [5.41, 5.74) is 2.29. The third-order valence-electron chi connectivity index (χ3n) is 3.27. The van der Waals surface area contributed by atoms with Crippen LogP contribution in [0.3, 0.4) is 0 Å². The lowest BCUT2D eigenvalue weighted by Crippen LogP contribution is -2.24. The summed E-state index contributed by atoms with van der Waals surface area (Å²) in [6.07, 6.45) is 2.26. The van der Waals surface area contributed by atoms with E-state index in [1.165, 1.54) is 12.1 Å². The van der Waals surface area contributed by atoms with E-state index in [4.69, 9.17) is 11.6 Å². The lowest BCUT2D eigenvalue weighted by molar-refractivity contribution is 0.444. The first-order valence-electron chi connectivity index (χ1n) is 6.62. The van der Waals surface area contributed by atoms with Gasteiger partial charge in [-0.1, -0.05) is 13.3 Å². The Morgan fingerprint density at radius 3 is 2.72 bits per heavy atom. The van der Waals surface area contributed by atoms with Crippen LogP contribution in [0.15, 0.2) is 4.47 Å². The van der Waals surface area contributed by atoms with Gasteiger partial charge in [0, 0.05) is 19.0 Å². The number of aryl methyl sites for hydroxylation is 2. The second kappa shape index (κ2) is 8.18. The van der Waals surface area contributed by atoms with Crippen molar-refractivity contribution in [1.82, 2.24) is 15.1 Å². The van der Waals surface area contributed by atoms with Crippen LogP contribution in [0.5, 0.6) is 0 Å². The van der Waals surface area contributed by atoms with E-state index in [9.17, 15) is 0 Å². The first kappa shape index (κ1) is 16.0. The van der Waals surface area contributed by atoms with Gasteiger partial charge in [0.15, 0.2) is 0 Å². The summed E-state index contributed by atoms with van der Waals surface area (Å²) in [6, 6.07) is 0. The summed E-state index contributed by atoms with van der Waals surface area (Å²) in [5.74, 6) is 1.41. The zero-order chi connectivity index (χ0) is 13.5. The quantitative estimate of drug-likeness (QED) is 0.733. The van der Waals surface area contributed by atoms with E-state index in [2.05, 4.69) is 44.9 Å². The van der Waals surface area contributed by atoms with Crippen LogP contribution in [0.2, 0.25) is 0 Å². The third kappa shape index (κ3) is 4.25. The van der Waals surface area contributed by atoms with Gasteiger partial charge in [-0.05, 0) is 48.7 Å². The highest BCUT2D eigenvalue weighted by Gasteiger charge is 2.12. The second-order valence-corrected chi connectivity index (χ2v) is 5.72. The molecule has 1 rings (SSSR count). The van der Waals surface area contributed by atoms with Gasteiger partial charge in [-0.25, -0.2) is 0 Å². The summed E-state index contributed by atoms with van der Waals surface area (Å²) in [5, 5.41) is 8.01. The number of nitrogens with one attached hydrogen (secondary N) is 1. The molecule has 0 saturated heterocycles. The maximum Gasteiger partial charge on any atom is 0.0739 e. The predicted octanol–water partition coefficient (Wildman–Crippen LogP) is 3.72. The SMILES string of the molecule is CCC(CCCl)CNCc1c(Br)c(C)nn1CC. The van der Waals surface area contributed by atoms with E-state index in [1.807, 2.05) is 6.92 Å². The third-order valence-corrected chi connectivity index (χ3v) is 4.52. The number of halogens is 2. The fourth-order valence-electron chi connectivity index (χ4n) is 2.04. The Balaban J connectivity index is 2.52. The molecule has 1 aromatic heterocycles. The normalized spacial score (nSPS) is 12.9. The summed E-state index contributed by atoms with van der Waals surface area (Å²) in [4.78, 5) is 0. The Morgan fingerprint density at radius 2 is 2.17 bits per heavy atom. The molecule has 0 amide bonds. The number of nitrogens with zero attached hydrogens (tertiary/aromatic N) is 2. The molecule has 5 heteroatoms. The molecule has 0 bridgehead atoms. The number of rotatable bonds is 8. The molecule has 0 aliphatic rings. The lowest BCUT2D eigenvalue weighted by atomic mass is 10.0. The van der Waals surface area contributed by atoms with Crippen molar-refractivity contribution in [2.75, 3.05) is 12.4 Å². The Kier molecular flexibility index (Phi) is 7.27. The molecule has 0 aliphatic carbocycles. The van der Waals surface area contributed by atoms with Gasteiger partial charge in [0.05, 0.1) is 15.9 Å². The van der Waals surface area contributed by atoms with Crippen molar-refractivity contribution in [3.63, 3.8) is 0 Å². The van der Waals surface area contributed by atoms with Crippen LogP contribution in [-0.2, 0) is 13.1 Å². The van der Waals surface area contributed by atoms with E-state index in [-0.39, 0.29) is 0 Å². The molecule has 1 heterocycles. The molecule has 104 valence electrons. The van der Waals surface area contributed by atoms with Crippen molar-refractivity contribution in [2.24, 2.45) is 5.92 Å². The van der Waals surface area contributed by atoms with Crippen molar-refractivity contribution in [3.05, 3.63) is 15.9 Å². The molecular formula is C13H23BrClN3. The van der Waals surface area contributed by atoms with Gasteiger partial charge in [-0.3, -0.25) is 4.68 Å². The average molecular weight is 337 g/mol. The van der Waals surface area contributed by atoms with E-state index in [0.29, 0.717) is 5.92 Å². The summed E-state index contributed by atoms with van der Waals surface area (Å²) >= 11 is 9.41. The molecule has 0 saturated carbocycles. The van der Waals surface area contributed by atoms with Crippen molar-refractivity contribution >= 4 is 27.5 Å². The molecule has 0 aromatic carbocycles. The molecule has 0 radical (unpaired) electrons. The minimum Gasteiger partial charge on any atom is -0.311 e. The zero-order valence-corrected chi connectivity index (χ0v) is 13.8. The molecule has 1 N–H and O–H groups in total. The van der Waals surface area contributed by atoms with Gasteiger partial charge >= 0.3 is 0 Å². The van der Waals surface area contributed by atoms with Gasteiger partial charge in [0.25, 0.3) is 0 Å². The molecule has 1 aromatic rings. The molecular weight excluding hydrogens is 314 g/mol.